The van der Waals surface area contributed by atoms with Gasteiger partial charge in [0.1, 0.15) is 0 Å². The van der Waals surface area contributed by atoms with Crippen LogP contribution in [0.25, 0.3) is 0 Å². The molecule has 0 amide bonds. The second kappa shape index (κ2) is 26.7. The molecule has 0 aliphatic heterocycles. The zero-order chi connectivity index (χ0) is 29.2. The van der Waals surface area contributed by atoms with E-state index in [2.05, 4.69) is 41.5 Å². The molecule has 39 heavy (non-hydrogen) atoms. The van der Waals surface area contributed by atoms with Crippen molar-refractivity contribution in [2.75, 3.05) is 13.2 Å². The van der Waals surface area contributed by atoms with Crippen LogP contribution in [-0.2, 0) is 18.8 Å². The van der Waals surface area contributed by atoms with E-state index in [4.69, 9.17) is 8.37 Å². The van der Waals surface area contributed by atoms with Crippen LogP contribution in [0.5, 0.6) is 0 Å². The maximum atomic E-state index is 12.2. The predicted octanol–water partition coefficient (Wildman–Crippen LogP) is 11.4. The lowest BCUT2D eigenvalue weighted by Gasteiger charge is -2.15. The van der Waals surface area contributed by atoms with Gasteiger partial charge in [-0.1, -0.05) is 170 Å². The molecule has 4 atom stereocenters. The number of hydrogen-bond acceptors (Lipinski definition) is 4. The lowest BCUT2D eigenvalue weighted by atomic mass is 9.95. The first-order valence-electron chi connectivity index (χ1n) is 17.2. The van der Waals surface area contributed by atoms with Crippen molar-refractivity contribution in [1.29, 1.82) is 0 Å². The molecule has 5 heteroatoms. The SMILES string of the molecule is CCCCCCCC(C)CCCCCC(C)COS(=O)(=O)OCC(C)CCCCCC(C)CCCCCCC. The summed E-state index contributed by atoms with van der Waals surface area (Å²) in [6, 6.07) is 0. The number of rotatable bonds is 30. The second-order valence-electron chi connectivity index (χ2n) is 13.1. The Bertz CT molecular complexity index is 560. The summed E-state index contributed by atoms with van der Waals surface area (Å²) in [6.07, 6.45) is 28.4. The quantitative estimate of drug-likeness (QED) is 0.0800. The Hall–Kier alpha value is -0.130. The minimum atomic E-state index is -3.89. The highest BCUT2D eigenvalue weighted by molar-refractivity contribution is 7.81. The maximum absolute atomic E-state index is 12.2. The van der Waals surface area contributed by atoms with Crippen molar-refractivity contribution < 1.29 is 16.8 Å². The van der Waals surface area contributed by atoms with Crippen LogP contribution < -0.4 is 0 Å². The number of hydrogen-bond donors (Lipinski definition) is 0. The third kappa shape index (κ3) is 27.8. The van der Waals surface area contributed by atoms with Gasteiger partial charge in [0, 0.05) is 0 Å². The van der Waals surface area contributed by atoms with Crippen LogP contribution in [-0.4, -0.2) is 21.6 Å². The highest BCUT2D eigenvalue weighted by atomic mass is 32.3. The first-order chi connectivity index (χ1) is 18.7. The molecule has 236 valence electrons. The van der Waals surface area contributed by atoms with Gasteiger partial charge >= 0.3 is 10.4 Å². The van der Waals surface area contributed by atoms with Crippen molar-refractivity contribution >= 4 is 10.4 Å². The van der Waals surface area contributed by atoms with Crippen LogP contribution in [0.2, 0.25) is 0 Å². The van der Waals surface area contributed by atoms with Crippen LogP contribution in [0.4, 0.5) is 0 Å². The van der Waals surface area contributed by atoms with Crippen molar-refractivity contribution in [3.8, 4) is 0 Å². The van der Waals surface area contributed by atoms with Gasteiger partial charge in [0.05, 0.1) is 13.2 Å². The molecule has 0 aliphatic rings. The number of unbranched alkanes of at least 4 members (excludes halogenated alkanes) is 12. The summed E-state index contributed by atoms with van der Waals surface area (Å²) in [7, 11) is -3.89. The standard InChI is InChI=1S/C34H70O4S/c1-7-9-11-13-17-23-31(3)25-19-15-21-27-33(5)29-37-39(35,36)38-30-34(6)28-22-16-20-26-32(4)24-18-14-12-10-8-2/h31-34H,7-30H2,1-6H3. The minimum absolute atomic E-state index is 0.224. The summed E-state index contributed by atoms with van der Waals surface area (Å²) in [5.41, 5.74) is 0. The van der Waals surface area contributed by atoms with Gasteiger partial charge in [-0.15, -0.1) is 0 Å². The lowest BCUT2D eigenvalue weighted by Crippen LogP contribution is -2.18. The molecular formula is C34H70O4S. The Morgan fingerprint density at radius 1 is 0.410 bits per heavy atom. The minimum Gasteiger partial charge on any atom is -0.248 e. The van der Waals surface area contributed by atoms with Crippen LogP contribution in [0.3, 0.4) is 0 Å². The van der Waals surface area contributed by atoms with Crippen LogP contribution >= 0.6 is 0 Å². The summed E-state index contributed by atoms with van der Waals surface area (Å²) < 4.78 is 34.7. The fraction of sp³-hybridized carbons (Fsp3) is 1.00. The Labute approximate surface area is 246 Å². The summed E-state index contributed by atoms with van der Waals surface area (Å²) in [4.78, 5) is 0. The molecule has 0 aromatic rings. The van der Waals surface area contributed by atoms with Gasteiger partial charge in [-0.2, -0.15) is 8.42 Å². The molecule has 0 saturated carbocycles. The summed E-state index contributed by atoms with van der Waals surface area (Å²) in [5, 5.41) is 0. The van der Waals surface area contributed by atoms with E-state index in [9.17, 15) is 8.42 Å². The summed E-state index contributed by atoms with van der Waals surface area (Å²) in [5.74, 6) is 2.12. The monoisotopic (exact) mass is 574 g/mol. The van der Waals surface area contributed by atoms with E-state index in [1.54, 1.807) is 0 Å². The average Bonchev–Trinajstić information content (AvgIpc) is 2.90. The molecule has 0 bridgehead atoms. The summed E-state index contributed by atoms with van der Waals surface area (Å²) in [6.45, 7) is 13.9. The highest BCUT2D eigenvalue weighted by Crippen LogP contribution is 2.21. The fourth-order valence-electron chi connectivity index (χ4n) is 5.41. The van der Waals surface area contributed by atoms with E-state index in [0.29, 0.717) is 0 Å². The molecule has 0 saturated heterocycles. The van der Waals surface area contributed by atoms with Gasteiger partial charge in [0.2, 0.25) is 0 Å². The Kier molecular flexibility index (Phi) is 26.7. The molecule has 0 N–H and O–H groups in total. The average molecular weight is 575 g/mol. The largest absolute Gasteiger partial charge is 0.399 e. The Morgan fingerprint density at radius 3 is 0.974 bits per heavy atom. The van der Waals surface area contributed by atoms with E-state index < -0.39 is 10.4 Å². The predicted molar refractivity (Wildman–Crippen MR) is 170 cm³/mol. The normalized spacial score (nSPS) is 15.3. The van der Waals surface area contributed by atoms with E-state index >= 15 is 0 Å². The maximum Gasteiger partial charge on any atom is 0.399 e. The molecule has 0 aromatic heterocycles. The third-order valence-corrected chi connectivity index (χ3v) is 9.23. The van der Waals surface area contributed by atoms with Crippen LogP contribution in [0.15, 0.2) is 0 Å². The van der Waals surface area contributed by atoms with E-state index in [-0.39, 0.29) is 25.0 Å². The molecule has 0 fully saturated rings. The molecule has 0 aromatic carbocycles. The van der Waals surface area contributed by atoms with Crippen LogP contribution in [0, 0.1) is 23.7 Å². The zero-order valence-electron chi connectivity index (χ0n) is 27.3. The first kappa shape index (κ1) is 38.9. The summed E-state index contributed by atoms with van der Waals surface area (Å²) >= 11 is 0. The fourth-order valence-corrected chi connectivity index (χ4v) is 6.27. The molecule has 4 unspecified atom stereocenters. The van der Waals surface area contributed by atoms with Gasteiger partial charge in [0.25, 0.3) is 0 Å². The van der Waals surface area contributed by atoms with E-state index in [1.807, 2.05) is 0 Å². The molecule has 0 spiro atoms. The first-order valence-corrected chi connectivity index (χ1v) is 18.6. The van der Waals surface area contributed by atoms with Crippen LogP contribution in [0.1, 0.15) is 183 Å². The smallest absolute Gasteiger partial charge is 0.248 e. The van der Waals surface area contributed by atoms with E-state index in [1.165, 1.54) is 116 Å². The third-order valence-electron chi connectivity index (χ3n) is 8.38. The Balaban J connectivity index is 3.73. The van der Waals surface area contributed by atoms with Crippen molar-refractivity contribution in [3.05, 3.63) is 0 Å². The van der Waals surface area contributed by atoms with Crippen molar-refractivity contribution in [1.82, 2.24) is 0 Å². The Morgan fingerprint density at radius 2 is 0.667 bits per heavy atom. The molecule has 0 aliphatic carbocycles. The van der Waals surface area contributed by atoms with Crippen molar-refractivity contribution in [2.24, 2.45) is 23.7 Å². The van der Waals surface area contributed by atoms with Crippen molar-refractivity contribution in [2.45, 2.75) is 183 Å². The molecule has 0 rings (SSSR count). The zero-order valence-corrected chi connectivity index (χ0v) is 28.1. The van der Waals surface area contributed by atoms with Gasteiger partial charge in [-0.3, -0.25) is 0 Å². The molecule has 4 nitrogen and oxygen atoms in total. The van der Waals surface area contributed by atoms with Gasteiger partial charge in [0.15, 0.2) is 0 Å². The van der Waals surface area contributed by atoms with E-state index in [0.717, 1.165) is 37.5 Å². The molecule has 0 heterocycles. The second-order valence-corrected chi connectivity index (χ2v) is 14.4. The van der Waals surface area contributed by atoms with Crippen molar-refractivity contribution in [3.63, 3.8) is 0 Å². The highest BCUT2D eigenvalue weighted by Gasteiger charge is 2.16. The topological polar surface area (TPSA) is 52.6 Å². The van der Waals surface area contributed by atoms with Gasteiger partial charge < -0.3 is 0 Å². The van der Waals surface area contributed by atoms with Gasteiger partial charge in [-0.05, 0) is 36.5 Å². The van der Waals surface area contributed by atoms with Gasteiger partial charge in [-0.25, -0.2) is 8.37 Å². The molecule has 0 radical (unpaired) electrons. The molecular weight excluding hydrogens is 504 g/mol. The lowest BCUT2D eigenvalue weighted by molar-refractivity contribution is 0.170.